The molecule has 79 valence electrons. The van der Waals surface area contributed by atoms with Gasteiger partial charge in [-0.05, 0) is 42.7 Å². The van der Waals surface area contributed by atoms with Gasteiger partial charge in [0, 0.05) is 21.8 Å². The third-order valence-corrected chi connectivity index (χ3v) is 3.28. The standard InChI is InChI=1S/C15H14N/c1-3-11-10(2)8-9-14-15(11)12-6-4-5-7-13(12)16-14/h4-7,9,16H,3H2,1-2H3. The first-order chi connectivity index (χ1) is 7.81. The van der Waals surface area contributed by atoms with Crippen molar-refractivity contribution in [3.8, 4) is 0 Å². The summed E-state index contributed by atoms with van der Waals surface area (Å²) in [5, 5.41) is 2.70. The number of hydrogen-bond donors (Lipinski definition) is 1. The Bertz CT molecular complexity index is 662. The van der Waals surface area contributed by atoms with Crippen molar-refractivity contribution in [1.82, 2.24) is 4.98 Å². The molecule has 1 radical (unpaired) electrons. The van der Waals surface area contributed by atoms with Crippen LogP contribution in [0.5, 0.6) is 0 Å². The van der Waals surface area contributed by atoms with Gasteiger partial charge >= 0.3 is 0 Å². The molecule has 0 unspecified atom stereocenters. The van der Waals surface area contributed by atoms with Gasteiger partial charge in [-0.15, -0.1) is 0 Å². The van der Waals surface area contributed by atoms with Crippen molar-refractivity contribution in [2.45, 2.75) is 20.3 Å². The van der Waals surface area contributed by atoms with E-state index >= 15 is 0 Å². The van der Waals surface area contributed by atoms with Gasteiger partial charge in [0.1, 0.15) is 0 Å². The minimum Gasteiger partial charge on any atom is -0.354 e. The van der Waals surface area contributed by atoms with E-state index < -0.39 is 0 Å². The van der Waals surface area contributed by atoms with E-state index in [4.69, 9.17) is 0 Å². The summed E-state index contributed by atoms with van der Waals surface area (Å²) >= 11 is 0. The van der Waals surface area contributed by atoms with Crippen LogP contribution in [-0.4, -0.2) is 4.98 Å². The molecule has 3 aromatic rings. The van der Waals surface area contributed by atoms with Crippen LogP contribution in [-0.2, 0) is 6.42 Å². The molecule has 0 aliphatic heterocycles. The molecule has 0 amide bonds. The Labute approximate surface area is 95.1 Å². The van der Waals surface area contributed by atoms with Gasteiger partial charge in [-0.1, -0.05) is 25.1 Å². The zero-order valence-corrected chi connectivity index (χ0v) is 9.59. The first-order valence-corrected chi connectivity index (χ1v) is 5.72. The lowest BCUT2D eigenvalue weighted by atomic mass is 9.99. The summed E-state index contributed by atoms with van der Waals surface area (Å²) in [6.45, 7) is 4.34. The summed E-state index contributed by atoms with van der Waals surface area (Å²) in [6, 6.07) is 13.9. The first-order valence-electron chi connectivity index (χ1n) is 5.72. The molecular weight excluding hydrogens is 194 g/mol. The highest BCUT2D eigenvalue weighted by Crippen LogP contribution is 2.30. The monoisotopic (exact) mass is 208 g/mol. The Morgan fingerprint density at radius 2 is 2.00 bits per heavy atom. The molecule has 3 rings (SSSR count). The number of H-pyrrole nitrogens is 1. The normalized spacial score (nSPS) is 11.4. The van der Waals surface area contributed by atoms with Gasteiger partial charge in [0.2, 0.25) is 0 Å². The van der Waals surface area contributed by atoms with E-state index in [9.17, 15) is 0 Å². The summed E-state index contributed by atoms with van der Waals surface area (Å²) in [6.07, 6.45) is 1.06. The number of fused-ring (bicyclic) bond motifs is 3. The number of aryl methyl sites for hydroxylation is 2. The fourth-order valence-electron chi connectivity index (χ4n) is 2.49. The van der Waals surface area contributed by atoms with Crippen LogP contribution < -0.4 is 0 Å². The highest BCUT2D eigenvalue weighted by molar-refractivity contribution is 6.09. The molecule has 1 heterocycles. The minimum atomic E-state index is 1.06. The van der Waals surface area contributed by atoms with Gasteiger partial charge in [0.15, 0.2) is 0 Å². The Morgan fingerprint density at radius 3 is 2.81 bits per heavy atom. The molecule has 1 aromatic heterocycles. The average molecular weight is 208 g/mol. The van der Waals surface area contributed by atoms with Crippen molar-refractivity contribution in [3.05, 3.63) is 47.5 Å². The molecule has 0 saturated carbocycles. The quantitative estimate of drug-likeness (QED) is 0.622. The molecule has 16 heavy (non-hydrogen) atoms. The Kier molecular flexibility index (Phi) is 2.00. The molecule has 1 N–H and O–H groups in total. The van der Waals surface area contributed by atoms with Crippen molar-refractivity contribution >= 4 is 21.8 Å². The number of aromatic amines is 1. The lowest BCUT2D eigenvalue weighted by molar-refractivity contribution is 1.13. The van der Waals surface area contributed by atoms with E-state index in [1.165, 1.54) is 32.9 Å². The molecule has 0 atom stereocenters. The molecule has 1 heteroatoms. The largest absolute Gasteiger partial charge is 0.354 e. The molecule has 0 spiro atoms. The van der Waals surface area contributed by atoms with Crippen LogP contribution in [0, 0.1) is 13.0 Å². The van der Waals surface area contributed by atoms with E-state index in [0.717, 1.165) is 6.42 Å². The van der Waals surface area contributed by atoms with E-state index in [1.807, 2.05) is 0 Å². The van der Waals surface area contributed by atoms with Crippen LogP contribution in [0.25, 0.3) is 21.8 Å². The van der Waals surface area contributed by atoms with Crippen molar-refractivity contribution < 1.29 is 0 Å². The molecule has 0 saturated heterocycles. The predicted octanol–water partition coefficient (Wildman–Crippen LogP) is 3.99. The van der Waals surface area contributed by atoms with E-state index in [1.54, 1.807) is 0 Å². The van der Waals surface area contributed by atoms with Crippen LogP contribution in [0.15, 0.2) is 30.3 Å². The fraction of sp³-hybridized carbons (Fsp3) is 0.200. The smallest absolute Gasteiger partial charge is 0.0474 e. The number of benzene rings is 2. The van der Waals surface area contributed by atoms with Gasteiger partial charge in [0.25, 0.3) is 0 Å². The predicted molar refractivity (Wildman–Crippen MR) is 68.8 cm³/mol. The maximum Gasteiger partial charge on any atom is 0.0474 e. The van der Waals surface area contributed by atoms with Gasteiger partial charge in [-0.3, -0.25) is 0 Å². The SMILES string of the molecule is CCc1c(C)[c]cc2[nH]c3ccccc3c12. The van der Waals surface area contributed by atoms with Crippen molar-refractivity contribution in [1.29, 1.82) is 0 Å². The fourth-order valence-corrected chi connectivity index (χ4v) is 2.49. The Morgan fingerprint density at radius 1 is 1.19 bits per heavy atom. The summed E-state index contributed by atoms with van der Waals surface area (Å²) in [5.74, 6) is 0. The van der Waals surface area contributed by atoms with Crippen LogP contribution >= 0.6 is 0 Å². The number of rotatable bonds is 1. The van der Waals surface area contributed by atoms with Gasteiger partial charge < -0.3 is 4.98 Å². The maximum atomic E-state index is 3.45. The molecule has 0 aliphatic rings. The number of hydrogen-bond acceptors (Lipinski definition) is 0. The molecule has 0 fully saturated rings. The number of nitrogens with one attached hydrogen (secondary N) is 1. The summed E-state index contributed by atoms with van der Waals surface area (Å²) < 4.78 is 0. The zero-order valence-electron chi connectivity index (χ0n) is 9.59. The van der Waals surface area contributed by atoms with Crippen molar-refractivity contribution in [2.75, 3.05) is 0 Å². The van der Waals surface area contributed by atoms with Crippen LogP contribution in [0.1, 0.15) is 18.1 Å². The highest BCUT2D eigenvalue weighted by atomic mass is 14.7. The molecule has 0 bridgehead atoms. The van der Waals surface area contributed by atoms with Crippen molar-refractivity contribution in [3.63, 3.8) is 0 Å². The number of aromatic nitrogens is 1. The van der Waals surface area contributed by atoms with Crippen molar-refractivity contribution in [2.24, 2.45) is 0 Å². The third-order valence-electron chi connectivity index (χ3n) is 3.28. The first kappa shape index (κ1) is 9.46. The van der Waals surface area contributed by atoms with Crippen LogP contribution in [0.2, 0.25) is 0 Å². The molecule has 1 nitrogen and oxygen atoms in total. The second-order valence-corrected chi connectivity index (χ2v) is 4.21. The summed E-state index contributed by atoms with van der Waals surface area (Å²) in [5.41, 5.74) is 5.09. The third kappa shape index (κ3) is 1.18. The Hall–Kier alpha value is -1.76. The summed E-state index contributed by atoms with van der Waals surface area (Å²) in [4.78, 5) is 3.45. The van der Waals surface area contributed by atoms with Gasteiger partial charge in [-0.25, -0.2) is 0 Å². The molecular formula is C15H14N. The van der Waals surface area contributed by atoms with Gasteiger partial charge in [-0.2, -0.15) is 0 Å². The summed E-state index contributed by atoms with van der Waals surface area (Å²) in [7, 11) is 0. The topological polar surface area (TPSA) is 15.8 Å². The second-order valence-electron chi connectivity index (χ2n) is 4.21. The van der Waals surface area contributed by atoms with Gasteiger partial charge in [0.05, 0.1) is 0 Å². The van der Waals surface area contributed by atoms with E-state index in [-0.39, 0.29) is 0 Å². The Balaban J connectivity index is 2.57. The maximum absolute atomic E-state index is 3.45. The molecule has 2 aromatic carbocycles. The highest BCUT2D eigenvalue weighted by Gasteiger charge is 2.09. The lowest BCUT2D eigenvalue weighted by Crippen LogP contribution is -1.87. The van der Waals surface area contributed by atoms with Crippen LogP contribution in [0.3, 0.4) is 0 Å². The molecule has 0 aliphatic carbocycles. The zero-order chi connectivity index (χ0) is 11.1. The lowest BCUT2D eigenvalue weighted by Gasteiger charge is -2.04. The second kappa shape index (κ2) is 3.38. The number of para-hydroxylation sites is 1. The minimum absolute atomic E-state index is 1.06. The average Bonchev–Trinajstić information content (AvgIpc) is 2.68. The van der Waals surface area contributed by atoms with E-state index in [0.29, 0.717) is 0 Å². The van der Waals surface area contributed by atoms with E-state index in [2.05, 4.69) is 55.2 Å². The van der Waals surface area contributed by atoms with Crippen LogP contribution in [0.4, 0.5) is 0 Å².